The molecule has 0 N–H and O–H groups in total. The third-order valence-corrected chi connectivity index (χ3v) is 8.47. The molecule has 0 amide bonds. The van der Waals surface area contributed by atoms with Gasteiger partial charge in [-0.05, 0) is 74.7 Å². The van der Waals surface area contributed by atoms with Crippen molar-refractivity contribution in [1.29, 1.82) is 0 Å². The molecule has 0 bridgehead atoms. The molecule has 4 unspecified atom stereocenters. The van der Waals surface area contributed by atoms with E-state index in [2.05, 4.69) is 0 Å². The lowest BCUT2D eigenvalue weighted by Crippen LogP contribution is -2.58. The number of fused-ring (bicyclic) bond motifs is 5. The number of esters is 1. The molecule has 0 heterocycles. The second kappa shape index (κ2) is 7.45. The summed E-state index contributed by atoms with van der Waals surface area (Å²) in [5.41, 5.74) is 0.396. The van der Waals surface area contributed by atoms with Gasteiger partial charge >= 0.3 is 24.0 Å². The van der Waals surface area contributed by atoms with Crippen molar-refractivity contribution in [2.24, 2.45) is 29.1 Å². The lowest BCUT2D eigenvalue weighted by Gasteiger charge is -2.53. The molecule has 0 aromatic carbocycles. The Kier molecular flexibility index (Phi) is 5.48. The van der Waals surface area contributed by atoms with E-state index in [1.54, 1.807) is 13.0 Å². The first-order chi connectivity index (χ1) is 14.7. The molecule has 0 aromatic heterocycles. The Hall–Kier alpha value is -1.61. The zero-order valence-electron chi connectivity index (χ0n) is 17.5. The van der Waals surface area contributed by atoms with Crippen LogP contribution in [0.2, 0.25) is 0 Å². The van der Waals surface area contributed by atoms with Gasteiger partial charge in [-0.3, -0.25) is 4.79 Å². The summed E-state index contributed by atoms with van der Waals surface area (Å²) in [6, 6.07) is 0. The van der Waals surface area contributed by atoms with Crippen molar-refractivity contribution in [3.8, 4) is 0 Å². The monoisotopic (exact) mass is 470 g/mol. The van der Waals surface area contributed by atoms with E-state index < -0.39 is 35.5 Å². The number of rotatable bonds is 3. The minimum atomic E-state index is -6.58. The number of hydrogen-bond acceptors (Lipinski definition) is 3. The van der Waals surface area contributed by atoms with Gasteiger partial charge in [0.25, 0.3) is 0 Å². The zero-order chi connectivity index (χ0) is 23.7. The van der Waals surface area contributed by atoms with Crippen LogP contribution in [0.4, 0.5) is 30.7 Å². The number of ketones is 1. The number of halogens is 7. The Morgan fingerprint density at radius 3 is 2.31 bits per heavy atom. The van der Waals surface area contributed by atoms with Gasteiger partial charge in [0.1, 0.15) is 6.10 Å². The minimum absolute atomic E-state index is 0.00465. The van der Waals surface area contributed by atoms with Gasteiger partial charge in [0.15, 0.2) is 5.78 Å². The van der Waals surface area contributed by atoms with E-state index in [0.29, 0.717) is 31.6 Å². The van der Waals surface area contributed by atoms with E-state index in [1.165, 1.54) is 0 Å². The maximum absolute atomic E-state index is 13.8. The first-order valence-electron chi connectivity index (χ1n) is 11.0. The molecule has 0 saturated heterocycles. The number of ether oxygens (including phenoxy) is 1. The van der Waals surface area contributed by atoms with E-state index >= 15 is 0 Å². The topological polar surface area (TPSA) is 43.4 Å². The summed E-state index contributed by atoms with van der Waals surface area (Å²) in [6.07, 6.45) is -1.29. The molecule has 4 aliphatic carbocycles. The van der Waals surface area contributed by atoms with Gasteiger partial charge in [0, 0.05) is 11.8 Å². The molecule has 4 aliphatic rings. The van der Waals surface area contributed by atoms with Crippen LogP contribution in [0.15, 0.2) is 11.6 Å². The fraction of sp³-hybridized carbons (Fsp3) is 0.818. The predicted octanol–water partition coefficient (Wildman–Crippen LogP) is 5.87. The average molecular weight is 470 g/mol. The maximum atomic E-state index is 13.8. The van der Waals surface area contributed by atoms with Gasteiger partial charge in [0.2, 0.25) is 0 Å². The van der Waals surface area contributed by atoms with Gasteiger partial charge in [0.05, 0.1) is 0 Å². The van der Waals surface area contributed by atoms with Crippen molar-refractivity contribution in [1.82, 2.24) is 0 Å². The second-order valence-electron chi connectivity index (χ2n) is 9.97. The Bertz CT molecular complexity index is 834. The molecule has 10 heteroatoms. The average Bonchev–Trinajstić information content (AvgIpc) is 3.02. The molecular formula is C22H25F7O3. The summed E-state index contributed by atoms with van der Waals surface area (Å²) in [6.45, 7) is 1.76. The highest BCUT2D eigenvalue weighted by atomic mass is 19.4. The van der Waals surface area contributed by atoms with Gasteiger partial charge in [-0.1, -0.05) is 12.5 Å². The molecule has 4 rings (SSSR count). The standard InChI is InChI=1S/C22H25F7O3/c1-19-9-8-14-13-5-3-12(30)10-11(13)2-4-15(14)16(19)6-7-17(19)32-18(31)20(23,24)21(25,26)22(27,28)29/h10,13-17H,2-9H2,1H3/t13?,14?,15?,16?,17-,19+/m1/s1. The molecule has 0 aromatic rings. The van der Waals surface area contributed by atoms with E-state index in [0.717, 1.165) is 24.8 Å². The van der Waals surface area contributed by atoms with Crippen LogP contribution in [0.5, 0.6) is 0 Å². The SMILES string of the molecule is C[C@]12CCC3C4CCC(=O)C=C4CCC3C1CC[C@H]2OC(=O)C(F)(F)C(F)(F)C(F)(F)F. The molecule has 6 atom stereocenters. The molecule has 0 aliphatic heterocycles. The highest BCUT2D eigenvalue weighted by Gasteiger charge is 2.77. The number of carbonyl (C=O) groups is 2. The van der Waals surface area contributed by atoms with Crippen LogP contribution in [0.25, 0.3) is 0 Å². The van der Waals surface area contributed by atoms with Gasteiger partial charge in [-0.25, -0.2) is 4.79 Å². The fourth-order valence-electron chi connectivity index (χ4n) is 6.84. The minimum Gasteiger partial charge on any atom is -0.457 e. The summed E-state index contributed by atoms with van der Waals surface area (Å²) in [7, 11) is 0. The molecule has 0 spiro atoms. The molecule has 180 valence electrons. The predicted molar refractivity (Wildman–Crippen MR) is 97.9 cm³/mol. The lowest BCUT2D eigenvalue weighted by molar-refractivity contribution is -0.349. The smallest absolute Gasteiger partial charge is 0.457 e. The van der Waals surface area contributed by atoms with Crippen LogP contribution in [-0.2, 0) is 14.3 Å². The van der Waals surface area contributed by atoms with Gasteiger partial charge in [-0.2, -0.15) is 30.7 Å². The van der Waals surface area contributed by atoms with Crippen molar-refractivity contribution in [2.75, 3.05) is 0 Å². The summed E-state index contributed by atoms with van der Waals surface area (Å²) in [5.74, 6) is -14.4. The quantitative estimate of drug-likeness (QED) is 0.383. The summed E-state index contributed by atoms with van der Waals surface area (Å²) >= 11 is 0. The fourth-order valence-corrected chi connectivity index (χ4v) is 6.84. The Morgan fingerprint density at radius 2 is 1.66 bits per heavy atom. The van der Waals surface area contributed by atoms with Crippen LogP contribution in [0.3, 0.4) is 0 Å². The number of carbonyl (C=O) groups excluding carboxylic acids is 2. The summed E-state index contributed by atoms with van der Waals surface area (Å²) in [4.78, 5) is 23.6. The zero-order valence-corrected chi connectivity index (χ0v) is 17.5. The van der Waals surface area contributed by atoms with Crippen LogP contribution < -0.4 is 0 Å². The van der Waals surface area contributed by atoms with Gasteiger partial charge < -0.3 is 4.74 Å². The summed E-state index contributed by atoms with van der Waals surface area (Å²) < 4.78 is 96.1. The Labute approximate surface area is 180 Å². The van der Waals surface area contributed by atoms with Crippen molar-refractivity contribution in [3.05, 3.63) is 11.6 Å². The molecule has 3 fully saturated rings. The number of hydrogen-bond donors (Lipinski definition) is 0. The van der Waals surface area contributed by atoms with E-state index in [1.807, 2.05) is 0 Å². The number of alkyl halides is 7. The maximum Gasteiger partial charge on any atom is 0.460 e. The molecule has 3 nitrogen and oxygen atoms in total. The third kappa shape index (κ3) is 3.38. The normalized spacial score (nSPS) is 37.8. The van der Waals surface area contributed by atoms with Crippen LogP contribution in [0, 0.1) is 29.1 Å². The van der Waals surface area contributed by atoms with Crippen molar-refractivity contribution < 1.29 is 45.1 Å². The van der Waals surface area contributed by atoms with Crippen molar-refractivity contribution in [2.45, 2.75) is 82.4 Å². The highest BCUT2D eigenvalue weighted by Crippen LogP contribution is 2.62. The molecule has 3 saturated carbocycles. The van der Waals surface area contributed by atoms with E-state index in [-0.39, 0.29) is 30.0 Å². The third-order valence-electron chi connectivity index (χ3n) is 8.47. The van der Waals surface area contributed by atoms with Crippen molar-refractivity contribution in [3.63, 3.8) is 0 Å². The molecule has 32 heavy (non-hydrogen) atoms. The van der Waals surface area contributed by atoms with Crippen LogP contribution in [0.1, 0.15) is 58.3 Å². The second-order valence-corrected chi connectivity index (χ2v) is 9.97. The lowest BCUT2D eigenvalue weighted by atomic mass is 9.52. The van der Waals surface area contributed by atoms with Crippen LogP contribution >= 0.6 is 0 Å². The van der Waals surface area contributed by atoms with Crippen LogP contribution in [-0.4, -0.2) is 35.9 Å². The Balaban J connectivity index is 1.50. The van der Waals surface area contributed by atoms with E-state index in [4.69, 9.17) is 4.74 Å². The van der Waals surface area contributed by atoms with Crippen molar-refractivity contribution >= 4 is 11.8 Å². The summed E-state index contributed by atoms with van der Waals surface area (Å²) in [5, 5.41) is 0. The first kappa shape index (κ1) is 23.5. The first-order valence-corrected chi connectivity index (χ1v) is 11.0. The molecule has 0 radical (unpaired) electrons. The molecular weight excluding hydrogens is 445 g/mol. The van der Waals surface area contributed by atoms with E-state index in [9.17, 15) is 40.3 Å². The largest absolute Gasteiger partial charge is 0.460 e. The number of allylic oxidation sites excluding steroid dienone is 1. The highest BCUT2D eigenvalue weighted by molar-refractivity contribution is 5.91. The Morgan fingerprint density at radius 1 is 0.969 bits per heavy atom. The van der Waals surface area contributed by atoms with Gasteiger partial charge in [-0.15, -0.1) is 0 Å².